The summed E-state index contributed by atoms with van der Waals surface area (Å²) in [5, 5.41) is 9.28. The van der Waals surface area contributed by atoms with Crippen LogP contribution in [0.25, 0.3) is 0 Å². The highest BCUT2D eigenvalue weighted by atomic mass is 35.5. The van der Waals surface area contributed by atoms with Gasteiger partial charge in [0.15, 0.2) is 0 Å². The number of carbonyl (C=O) groups excluding carboxylic acids is 2. The molecule has 1 aliphatic heterocycles. The first-order valence-electron chi connectivity index (χ1n) is 10.4. The number of hydrogen-bond acceptors (Lipinski definition) is 3. The molecule has 0 saturated heterocycles. The van der Waals surface area contributed by atoms with E-state index in [0.717, 1.165) is 12.0 Å². The van der Waals surface area contributed by atoms with Gasteiger partial charge in [-0.15, -0.1) is 12.4 Å². The van der Waals surface area contributed by atoms with Crippen LogP contribution < -0.4 is 16.0 Å². The average Bonchev–Trinajstić information content (AvgIpc) is 2.75. The summed E-state index contributed by atoms with van der Waals surface area (Å²) in [6.45, 7) is 7.19. The first-order valence-corrected chi connectivity index (χ1v) is 10.4. The van der Waals surface area contributed by atoms with E-state index in [-0.39, 0.29) is 36.2 Å². The van der Waals surface area contributed by atoms with E-state index in [9.17, 15) is 9.59 Å². The number of rotatable bonds is 7. The van der Waals surface area contributed by atoms with E-state index < -0.39 is 6.04 Å². The lowest BCUT2D eigenvalue weighted by Gasteiger charge is -2.29. The molecular formula is C24H32ClN3O2. The third kappa shape index (κ3) is 6.07. The van der Waals surface area contributed by atoms with Gasteiger partial charge in [0.2, 0.25) is 11.8 Å². The third-order valence-electron chi connectivity index (χ3n) is 5.78. The minimum Gasteiger partial charge on any atom is -0.350 e. The maximum Gasteiger partial charge on any atom is 0.243 e. The first-order chi connectivity index (χ1) is 14.0. The Morgan fingerprint density at radius 3 is 2.43 bits per heavy atom. The minimum atomic E-state index is -0.545. The van der Waals surface area contributed by atoms with Gasteiger partial charge in [-0.25, -0.2) is 0 Å². The van der Waals surface area contributed by atoms with E-state index in [0.29, 0.717) is 19.5 Å². The molecule has 6 heteroatoms. The zero-order chi connectivity index (χ0) is 20.8. The summed E-state index contributed by atoms with van der Waals surface area (Å²) in [4.78, 5) is 25.8. The van der Waals surface area contributed by atoms with Crippen molar-refractivity contribution < 1.29 is 9.59 Å². The van der Waals surface area contributed by atoms with Crippen molar-refractivity contribution in [1.82, 2.24) is 16.0 Å². The molecule has 3 atom stereocenters. The highest BCUT2D eigenvalue weighted by Gasteiger charge is 2.30. The number of benzene rings is 2. The van der Waals surface area contributed by atoms with Crippen LogP contribution in [-0.4, -0.2) is 23.9 Å². The molecule has 5 nitrogen and oxygen atoms in total. The van der Waals surface area contributed by atoms with E-state index in [1.165, 1.54) is 16.7 Å². The third-order valence-corrected chi connectivity index (χ3v) is 5.78. The lowest BCUT2D eigenvalue weighted by molar-refractivity contribution is -0.131. The van der Waals surface area contributed by atoms with Crippen LogP contribution in [0.1, 0.15) is 42.5 Å². The zero-order valence-electron chi connectivity index (χ0n) is 17.9. The molecule has 0 spiro atoms. The summed E-state index contributed by atoms with van der Waals surface area (Å²) in [6, 6.07) is 15.4. The van der Waals surface area contributed by atoms with Crippen LogP contribution in [0, 0.1) is 12.8 Å². The fourth-order valence-corrected chi connectivity index (χ4v) is 3.60. The number of nitrogens with one attached hydrogen (secondary N) is 3. The Bertz CT molecular complexity index is 854. The van der Waals surface area contributed by atoms with Crippen molar-refractivity contribution in [3.63, 3.8) is 0 Å². The van der Waals surface area contributed by atoms with E-state index in [2.05, 4.69) is 28.1 Å². The number of amides is 2. The van der Waals surface area contributed by atoms with Crippen molar-refractivity contribution >= 4 is 24.2 Å². The van der Waals surface area contributed by atoms with Crippen LogP contribution in [-0.2, 0) is 29.1 Å². The monoisotopic (exact) mass is 429 g/mol. The predicted molar refractivity (Wildman–Crippen MR) is 122 cm³/mol. The molecule has 0 aliphatic carbocycles. The summed E-state index contributed by atoms with van der Waals surface area (Å²) in [7, 11) is 0. The van der Waals surface area contributed by atoms with Gasteiger partial charge < -0.3 is 16.0 Å². The topological polar surface area (TPSA) is 70.2 Å². The van der Waals surface area contributed by atoms with Gasteiger partial charge in [-0.05, 0) is 36.0 Å². The van der Waals surface area contributed by atoms with Gasteiger partial charge in [-0.2, -0.15) is 0 Å². The Morgan fingerprint density at radius 1 is 1.10 bits per heavy atom. The maximum absolute atomic E-state index is 12.9. The Hall–Kier alpha value is -2.37. The van der Waals surface area contributed by atoms with Gasteiger partial charge in [0.05, 0.1) is 6.04 Å². The quantitative estimate of drug-likeness (QED) is 0.632. The van der Waals surface area contributed by atoms with Crippen molar-refractivity contribution in [2.75, 3.05) is 0 Å². The molecule has 2 aromatic rings. The van der Waals surface area contributed by atoms with Gasteiger partial charge in [-0.3, -0.25) is 9.59 Å². The number of hydrogen-bond donors (Lipinski definition) is 3. The van der Waals surface area contributed by atoms with Gasteiger partial charge >= 0.3 is 0 Å². The molecule has 1 heterocycles. The molecule has 30 heavy (non-hydrogen) atoms. The molecule has 2 aromatic carbocycles. The lowest BCUT2D eigenvalue weighted by Crippen LogP contribution is -2.56. The maximum atomic E-state index is 12.9. The second-order valence-corrected chi connectivity index (χ2v) is 7.98. The fourth-order valence-electron chi connectivity index (χ4n) is 3.60. The summed E-state index contributed by atoms with van der Waals surface area (Å²) < 4.78 is 0. The number of aryl methyl sites for hydroxylation is 1. The van der Waals surface area contributed by atoms with Gasteiger partial charge in [0, 0.05) is 13.1 Å². The average molecular weight is 430 g/mol. The number of carbonyl (C=O) groups is 2. The van der Waals surface area contributed by atoms with Crippen molar-refractivity contribution in [3.05, 3.63) is 70.8 Å². The largest absolute Gasteiger partial charge is 0.350 e. The van der Waals surface area contributed by atoms with E-state index in [1.807, 2.05) is 57.2 Å². The van der Waals surface area contributed by atoms with Crippen LogP contribution in [0.15, 0.2) is 48.5 Å². The molecule has 0 bridgehead atoms. The number of halogens is 1. The van der Waals surface area contributed by atoms with E-state index in [1.54, 1.807) is 0 Å². The van der Waals surface area contributed by atoms with Crippen LogP contribution in [0.4, 0.5) is 0 Å². The molecule has 0 fully saturated rings. The molecule has 0 saturated carbocycles. The van der Waals surface area contributed by atoms with Gasteiger partial charge in [-0.1, -0.05) is 74.4 Å². The second-order valence-electron chi connectivity index (χ2n) is 7.98. The molecule has 3 unspecified atom stereocenters. The molecule has 3 N–H and O–H groups in total. The van der Waals surface area contributed by atoms with Gasteiger partial charge in [0.1, 0.15) is 6.04 Å². The zero-order valence-corrected chi connectivity index (χ0v) is 18.7. The van der Waals surface area contributed by atoms with Crippen LogP contribution in [0.5, 0.6) is 0 Å². The van der Waals surface area contributed by atoms with Crippen molar-refractivity contribution in [2.24, 2.45) is 5.92 Å². The molecule has 162 valence electrons. The van der Waals surface area contributed by atoms with Crippen LogP contribution in [0.3, 0.4) is 0 Å². The summed E-state index contributed by atoms with van der Waals surface area (Å²) in [5.41, 5.74) is 4.65. The Kier molecular flexibility index (Phi) is 8.88. The summed E-state index contributed by atoms with van der Waals surface area (Å²) in [5.74, 6) is -0.201. The molecular weight excluding hydrogens is 398 g/mol. The molecule has 2 amide bonds. The normalized spacial score (nSPS) is 17.1. The molecule has 3 rings (SSSR count). The van der Waals surface area contributed by atoms with E-state index in [4.69, 9.17) is 0 Å². The highest BCUT2D eigenvalue weighted by molar-refractivity contribution is 5.90. The second kappa shape index (κ2) is 11.1. The SMILES string of the molecule is CCC(C)C(NC(=O)C1Cc2ccccc2CN1)C(=O)NCc1ccc(C)cc1.Cl. The number of fused-ring (bicyclic) bond motifs is 1. The van der Waals surface area contributed by atoms with Crippen LogP contribution >= 0.6 is 12.4 Å². The van der Waals surface area contributed by atoms with Crippen molar-refractivity contribution in [3.8, 4) is 0 Å². The Morgan fingerprint density at radius 2 is 1.77 bits per heavy atom. The van der Waals surface area contributed by atoms with Crippen LogP contribution in [0.2, 0.25) is 0 Å². The van der Waals surface area contributed by atoms with Crippen molar-refractivity contribution in [1.29, 1.82) is 0 Å². The Balaban J connectivity index is 0.00000320. The van der Waals surface area contributed by atoms with Crippen molar-refractivity contribution in [2.45, 2.75) is 58.8 Å². The Labute approximate surface area is 185 Å². The molecule has 0 aromatic heterocycles. The minimum absolute atomic E-state index is 0. The summed E-state index contributed by atoms with van der Waals surface area (Å²) >= 11 is 0. The van der Waals surface area contributed by atoms with E-state index >= 15 is 0 Å². The highest BCUT2D eigenvalue weighted by Crippen LogP contribution is 2.17. The fraction of sp³-hybridized carbons (Fsp3) is 0.417. The smallest absolute Gasteiger partial charge is 0.243 e. The lowest BCUT2D eigenvalue weighted by atomic mass is 9.94. The first kappa shape index (κ1) is 23.9. The molecule has 0 radical (unpaired) electrons. The standard InChI is InChI=1S/C24H31N3O2.ClH/c1-4-17(3)22(24(29)26-14-18-11-9-16(2)10-12-18)27-23(28)21-13-19-7-5-6-8-20(19)15-25-21;/h5-12,17,21-22,25H,4,13-15H2,1-3H3,(H,26,29)(H,27,28);1H. The van der Waals surface area contributed by atoms with Gasteiger partial charge in [0.25, 0.3) is 0 Å². The molecule has 1 aliphatic rings. The summed E-state index contributed by atoms with van der Waals surface area (Å²) in [6.07, 6.45) is 1.45. The predicted octanol–water partition coefficient (Wildman–Crippen LogP) is 3.28.